The van der Waals surface area contributed by atoms with Crippen LogP contribution in [0.3, 0.4) is 0 Å². The third-order valence-electron chi connectivity index (χ3n) is 7.28. The fourth-order valence-electron chi connectivity index (χ4n) is 4.18. The maximum absolute atomic E-state index is 12.2. The van der Waals surface area contributed by atoms with Crippen LogP contribution in [0.2, 0.25) is 0 Å². The summed E-state index contributed by atoms with van der Waals surface area (Å²) in [5, 5.41) is 0. The predicted octanol–water partition coefficient (Wildman–Crippen LogP) is 6.85. The molecule has 0 heterocycles. The molecule has 0 bridgehead atoms. The van der Waals surface area contributed by atoms with Gasteiger partial charge in [0.2, 0.25) is 0 Å². The zero-order valence-corrected chi connectivity index (χ0v) is 28.3. The van der Waals surface area contributed by atoms with Crippen molar-refractivity contribution < 1.29 is 72.3 Å². The fourth-order valence-corrected chi connectivity index (χ4v) is 4.18. The molecular weight excluding hydrogens is 672 g/mol. The molecule has 0 aliphatic rings. The number of ether oxygens (including phenoxy) is 3. The Kier molecular flexibility index (Phi) is 16.2. The molecular formula is C36H38O15. The van der Waals surface area contributed by atoms with E-state index in [1.807, 2.05) is 20.8 Å². The van der Waals surface area contributed by atoms with Crippen LogP contribution >= 0.6 is 0 Å². The summed E-state index contributed by atoms with van der Waals surface area (Å²) in [6, 6.07) is 19.4. The molecule has 0 aromatic heterocycles. The molecule has 0 saturated heterocycles. The largest absolute Gasteiger partial charge is 0.549 e. The quantitative estimate of drug-likeness (QED) is 0.0731. The van der Waals surface area contributed by atoms with Gasteiger partial charge in [-0.1, -0.05) is 57.2 Å². The molecule has 0 radical (unpaired) electrons. The second-order valence-electron chi connectivity index (χ2n) is 10.7. The van der Waals surface area contributed by atoms with E-state index in [-0.39, 0.29) is 49.4 Å². The van der Waals surface area contributed by atoms with Gasteiger partial charge in [-0.3, -0.25) is 0 Å². The Morgan fingerprint density at radius 1 is 0.431 bits per heavy atom. The number of benzene rings is 3. The Hall–Kier alpha value is -6.12. The number of rotatable bonds is 14. The lowest BCUT2D eigenvalue weighted by Crippen LogP contribution is -2.21. The summed E-state index contributed by atoms with van der Waals surface area (Å²) in [5.74, 6) is -3.40. The number of carbonyl (C=O) groups excluding carboxylic acids is 6. The highest BCUT2D eigenvalue weighted by Gasteiger charge is 2.20. The summed E-state index contributed by atoms with van der Waals surface area (Å²) in [7, 11) is 0. The first-order valence-corrected chi connectivity index (χ1v) is 16.0. The first kappa shape index (κ1) is 39.3. The van der Waals surface area contributed by atoms with E-state index < -0.39 is 42.3 Å². The van der Waals surface area contributed by atoms with Crippen LogP contribution in [0.5, 0.6) is 0 Å². The van der Waals surface area contributed by atoms with Crippen LogP contribution in [0, 0.1) is 5.92 Å². The van der Waals surface area contributed by atoms with Gasteiger partial charge in [-0.05, 0) is 91.1 Å². The topological polar surface area (TPSA) is 185 Å². The average molecular weight is 711 g/mol. The van der Waals surface area contributed by atoms with Crippen molar-refractivity contribution in [3.05, 3.63) is 106 Å². The molecule has 15 heteroatoms. The molecule has 3 rings (SSSR count). The van der Waals surface area contributed by atoms with Crippen molar-refractivity contribution in [3.8, 4) is 0 Å². The summed E-state index contributed by atoms with van der Waals surface area (Å²) in [5.41, 5.74) is 3.44. The Labute approximate surface area is 293 Å². The lowest BCUT2D eigenvalue weighted by atomic mass is 10.0. The maximum atomic E-state index is 12.2. The van der Waals surface area contributed by atoms with E-state index in [0.717, 1.165) is 36.0 Å². The highest BCUT2D eigenvalue weighted by atomic mass is 17.2. The molecule has 0 aliphatic heterocycles. The second-order valence-corrected chi connectivity index (χ2v) is 10.7. The van der Waals surface area contributed by atoms with Gasteiger partial charge in [-0.15, -0.1) is 0 Å². The molecule has 0 spiro atoms. The van der Waals surface area contributed by atoms with Crippen molar-refractivity contribution in [2.24, 2.45) is 5.92 Å². The summed E-state index contributed by atoms with van der Waals surface area (Å²) >= 11 is 0. The molecule has 0 N–H and O–H groups in total. The Morgan fingerprint density at radius 3 is 1.02 bits per heavy atom. The minimum atomic E-state index is -1.35. The Morgan fingerprint density at radius 2 is 0.725 bits per heavy atom. The average Bonchev–Trinajstić information content (AvgIpc) is 3.16. The minimum absolute atomic E-state index is 0.0134. The first-order chi connectivity index (χ1) is 24.6. The van der Waals surface area contributed by atoms with E-state index in [1.165, 1.54) is 36.4 Å². The second kappa shape index (κ2) is 21.1. The van der Waals surface area contributed by atoms with Crippen LogP contribution in [0.25, 0.3) is 0 Å². The highest BCUT2D eigenvalue weighted by Crippen LogP contribution is 2.14. The monoisotopic (exact) mass is 710 g/mol. The molecule has 272 valence electrons. The van der Waals surface area contributed by atoms with Crippen LogP contribution in [-0.4, -0.2) is 56.2 Å². The standard InChI is InChI=1S/C36H38O15/c1-4-24-7-13-28(14-8-24)31(37)46-49-34(40)43-21-19-27(23-45-36(42)51-48-33(39)30-17-11-26(6-3)12-18-30)20-22-44-35(41)50-47-32(38)29-15-9-25(5-2)10-16-29/h7-18,27H,4-6,19-23H2,1-3H3. The van der Waals surface area contributed by atoms with Gasteiger partial charge in [0.15, 0.2) is 0 Å². The normalized spacial score (nSPS) is 10.4. The number of hydrogen-bond donors (Lipinski definition) is 0. The summed E-state index contributed by atoms with van der Waals surface area (Å²) in [4.78, 5) is 99.3. The van der Waals surface area contributed by atoms with E-state index in [4.69, 9.17) is 14.2 Å². The van der Waals surface area contributed by atoms with Crippen molar-refractivity contribution in [1.29, 1.82) is 0 Å². The van der Waals surface area contributed by atoms with E-state index in [2.05, 4.69) is 29.3 Å². The van der Waals surface area contributed by atoms with Crippen molar-refractivity contribution in [2.75, 3.05) is 19.8 Å². The van der Waals surface area contributed by atoms with Crippen LogP contribution in [0.4, 0.5) is 14.4 Å². The molecule has 51 heavy (non-hydrogen) atoms. The van der Waals surface area contributed by atoms with Crippen LogP contribution in [0.15, 0.2) is 72.8 Å². The SMILES string of the molecule is CCc1ccc(C(=O)OOC(=O)OCCC(CCOC(=O)OOC(=O)c2ccc(CC)cc2)COC(=O)OOC(=O)c2ccc(CC)cc2)cc1. The summed E-state index contributed by atoms with van der Waals surface area (Å²) < 4.78 is 14.9. The number of hydrogen-bond acceptors (Lipinski definition) is 15. The first-order valence-electron chi connectivity index (χ1n) is 16.0. The Balaban J connectivity index is 1.45. The molecule has 0 saturated carbocycles. The van der Waals surface area contributed by atoms with E-state index >= 15 is 0 Å². The number of aryl methyl sites for hydroxylation is 3. The predicted molar refractivity (Wildman–Crippen MR) is 174 cm³/mol. The molecule has 0 unspecified atom stereocenters. The summed E-state index contributed by atoms with van der Waals surface area (Å²) in [6.45, 7) is 4.86. The smallest absolute Gasteiger partial charge is 0.432 e. The van der Waals surface area contributed by atoms with E-state index in [0.29, 0.717) is 0 Å². The minimum Gasteiger partial charge on any atom is -0.432 e. The van der Waals surface area contributed by atoms with Gasteiger partial charge in [-0.2, -0.15) is 14.4 Å². The van der Waals surface area contributed by atoms with Gasteiger partial charge >= 0.3 is 36.4 Å². The van der Waals surface area contributed by atoms with Gasteiger partial charge < -0.3 is 14.2 Å². The van der Waals surface area contributed by atoms with Crippen molar-refractivity contribution in [1.82, 2.24) is 0 Å². The maximum Gasteiger partial charge on any atom is 0.549 e. The molecule has 0 aliphatic carbocycles. The Bertz CT molecular complexity index is 1520. The van der Waals surface area contributed by atoms with Crippen LogP contribution in [0.1, 0.15) is 81.4 Å². The molecule has 0 atom stereocenters. The van der Waals surface area contributed by atoms with Gasteiger partial charge in [-0.25, -0.2) is 43.7 Å². The number of carbonyl (C=O) groups is 6. The van der Waals surface area contributed by atoms with E-state index in [1.54, 1.807) is 36.4 Å². The molecule has 0 amide bonds. The lowest BCUT2D eigenvalue weighted by Gasteiger charge is -2.16. The third kappa shape index (κ3) is 14.1. The molecule has 3 aromatic rings. The lowest BCUT2D eigenvalue weighted by molar-refractivity contribution is -0.206. The fraction of sp³-hybridized carbons (Fsp3) is 0.333. The van der Waals surface area contributed by atoms with Crippen molar-refractivity contribution in [3.63, 3.8) is 0 Å². The van der Waals surface area contributed by atoms with Crippen LogP contribution < -0.4 is 0 Å². The van der Waals surface area contributed by atoms with Crippen molar-refractivity contribution >= 4 is 36.4 Å². The molecule has 3 aromatic carbocycles. The zero-order valence-electron chi connectivity index (χ0n) is 28.3. The van der Waals surface area contributed by atoms with Gasteiger partial charge in [0.1, 0.15) is 0 Å². The van der Waals surface area contributed by atoms with Crippen LogP contribution in [-0.2, 0) is 62.8 Å². The highest BCUT2D eigenvalue weighted by molar-refractivity contribution is 5.90. The zero-order chi connectivity index (χ0) is 37.0. The van der Waals surface area contributed by atoms with E-state index in [9.17, 15) is 28.8 Å². The third-order valence-corrected chi connectivity index (χ3v) is 7.28. The summed E-state index contributed by atoms with van der Waals surface area (Å²) in [6.07, 6.45) is -1.66. The van der Waals surface area contributed by atoms with Gasteiger partial charge in [0.05, 0.1) is 36.5 Å². The van der Waals surface area contributed by atoms with Gasteiger partial charge in [0.25, 0.3) is 0 Å². The van der Waals surface area contributed by atoms with Crippen molar-refractivity contribution in [2.45, 2.75) is 52.9 Å². The van der Waals surface area contributed by atoms with Gasteiger partial charge in [0, 0.05) is 0 Å². The molecule has 0 fully saturated rings. The molecule has 15 nitrogen and oxygen atoms in total.